The van der Waals surface area contributed by atoms with Crippen LogP contribution in [0.15, 0.2) is 48.8 Å². The van der Waals surface area contributed by atoms with Gasteiger partial charge in [0.15, 0.2) is 0 Å². The smallest absolute Gasteiger partial charge is 0.256 e. The molecule has 0 radical (unpaired) electrons. The molecule has 0 spiro atoms. The fraction of sp³-hybridized carbons (Fsp3) is 0.0667. The Labute approximate surface area is 140 Å². The Hall–Kier alpha value is -2.29. The number of nitrogens with zero attached hydrogens (tertiary/aromatic N) is 4. The minimum Gasteiger partial charge on any atom is -0.322 e. The molecule has 1 N–H and O–H groups in total. The second kappa shape index (κ2) is 6.22. The number of hydrogen-bond acceptors (Lipinski definition) is 4. The maximum atomic E-state index is 12.3. The van der Waals surface area contributed by atoms with E-state index in [2.05, 4.69) is 43.4 Å². The summed E-state index contributed by atoms with van der Waals surface area (Å²) in [6, 6.07) is 13.1. The van der Waals surface area contributed by atoms with Gasteiger partial charge in [-0.1, -0.05) is 12.1 Å². The molecule has 0 saturated heterocycles. The van der Waals surface area contributed by atoms with Gasteiger partial charge in [0.1, 0.15) is 6.33 Å². The Kier molecular flexibility index (Phi) is 4.14. The number of hydrogen-bond donors (Lipinski definition) is 1. The molecule has 0 aliphatic heterocycles. The van der Waals surface area contributed by atoms with Gasteiger partial charge < -0.3 is 5.32 Å². The first kappa shape index (κ1) is 14.6. The number of carbonyl (C=O) groups excluding carboxylic acids is 1. The first-order chi connectivity index (χ1) is 10.6. The highest BCUT2D eigenvalue weighted by Gasteiger charge is 2.10. The summed E-state index contributed by atoms with van der Waals surface area (Å²) in [4.78, 5) is 12.3. The average molecular weight is 405 g/mol. The summed E-state index contributed by atoms with van der Waals surface area (Å²) in [5.74, 6) is -0.125. The molecule has 0 aliphatic carbocycles. The zero-order valence-electron chi connectivity index (χ0n) is 11.7. The second-order valence-corrected chi connectivity index (χ2v) is 5.85. The quantitative estimate of drug-likeness (QED) is 0.681. The van der Waals surface area contributed by atoms with Gasteiger partial charge in [0.2, 0.25) is 0 Å². The summed E-state index contributed by atoms with van der Waals surface area (Å²) in [5.41, 5.74) is 3.23. The van der Waals surface area contributed by atoms with Crippen molar-refractivity contribution in [1.82, 2.24) is 20.2 Å². The zero-order chi connectivity index (χ0) is 15.5. The van der Waals surface area contributed by atoms with E-state index >= 15 is 0 Å². The molecule has 3 aromatic rings. The SMILES string of the molecule is Cc1cc(NC(=O)c2ccccc2I)ccc1-n1cnnn1. The van der Waals surface area contributed by atoms with Crippen LogP contribution in [0, 0.1) is 10.5 Å². The Bertz CT molecular complexity index is 817. The van der Waals surface area contributed by atoms with Gasteiger partial charge in [-0.05, 0) is 75.8 Å². The number of rotatable bonds is 3. The third kappa shape index (κ3) is 2.98. The van der Waals surface area contributed by atoms with Crippen LogP contribution in [0.25, 0.3) is 5.69 Å². The molecule has 0 atom stereocenters. The number of carbonyl (C=O) groups is 1. The molecular weight excluding hydrogens is 393 g/mol. The molecule has 2 aromatic carbocycles. The molecule has 1 heterocycles. The lowest BCUT2D eigenvalue weighted by Crippen LogP contribution is -2.13. The molecule has 110 valence electrons. The number of amides is 1. The first-order valence-electron chi connectivity index (χ1n) is 6.55. The number of halogens is 1. The van der Waals surface area contributed by atoms with Crippen molar-refractivity contribution in [2.45, 2.75) is 6.92 Å². The van der Waals surface area contributed by atoms with Crippen molar-refractivity contribution >= 4 is 34.2 Å². The Morgan fingerprint density at radius 3 is 2.73 bits per heavy atom. The van der Waals surface area contributed by atoms with Crippen LogP contribution < -0.4 is 5.32 Å². The molecule has 0 aliphatic rings. The van der Waals surface area contributed by atoms with Crippen molar-refractivity contribution in [3.63, 3.8) is 0 Å². The third-order valence-corrected chi connectivity index (χ3v) is 4.11. The van der Waals surface area contributed by atoms with E-state index in [1.165, 1.54) is 6.33 Å². The van der Waals surface area contributed by atoms with Gasteiger partial charge >= 0.3 is 0 Å². The molecule has 22 heavy (non-hydrogen) atoms. The van der Waals surface area contributed by atoms with E-state index in [0.717, 1.165) is 20.5 Å². The highest BCUT2D eigenvalue weighted by atomic mass is 127. The number of anilines is 1. The van der Waals surface area contributed by atoms with Crippen LogP contribution in [-0.4, -0.2) is 26.1 Å². The largest absolute Gasteiger partial charge is 0.322 e. The zero-order valence-corrected chi connectivity index (χ0v) is 13.9. The molecular formula is C15H12IN5O. The molecule has 0 saturated carbocycles. The number of tetrazole rings is 1. The molecule has 1 amide bonds. The summed E-state index contributed by atoms with van der Waals surface area (Å²) in [6.45, 7) is 1.94. The van der Waals surface area contributed by atoms with E-state index in [9.17, 15) is 4.79 Å². The van der Waals surface area contributed by atoms with Crippen molar-refractivity contribution in [3.8, 4) is 5.69 Å². The number of aryl methyl sites for hydroxylation is 1. The third-order valence-electron chi connectivity index (χ3n) is 3.17. The topological polar surface area (TPSA) is 72.7 Å². The molecule has 6 nitrogen and oxygen atoms in total. The van der Waals surface area contributed by atoms with Gasteiger partial charge in [0.05, 0.1) is 11.3 Å². The predicted octanol–water partition coefficient (Wildman–Crippen LogP) is 2.83. The number of benzene rings is 2. The van der Waals surface area contributed by atoms with E-state index in [-0.39, 0.29) is 5.91 Å². The molecule has 7 heteroatoms. The Balaban J connectivity index is 1.83. The van der Waals surface area contributed by atoms with E-state index < -0.39 is 0 Å². The van der Waals surface area contributed by atoms with Crippen molar-refractivity contribution in [1.29, 1.82) is 0 Å². The standard InChI is InChI=1S/C15H12IN5O/c1-10-8-11(6-7-14(10)21-9-17-19-20-21)18-15(22)12-4-2-3-5-13(12)16/h2-9H,1H3,(H,18,22). The van der Waals surface area contributed by atoms with Gasteiger partial charge in [-0.3, -0.25) is 4.79 Å². The van der Waals surface area contributed by atoms with E-state index in [1.807, 2.05) is 43.3 Å². The maximum Gasteiger partial charge on any atom is 0.256 e. The van der Waals surface area contributed by atoms with Crippen molar-refractivity contribution in [3.05, 3.63) is 63.5 Å². The Morgan fingerprint density at radius 2 is 2.05 bits per heavy atom. The van der Waals surface area contributed by atoms with E-state index in [4.69, 9.17) is 0 Å². The summed E-state index contributed by atoms with van der Waals surface area (Å²) >= 11 is 2.15. The maximum absolute atomic E-state index is 12.3. The summed E-state index contributed by atoms with van der Waals surface area (Å²) in [5, 5.41) is 14.0. The second-order valence-electron chi connectivity index (χ2n) is 4.69. The highest BCUT2D eigenvalue weighted by Crippen LogP contribution is 2.19. The van der Waals surface area contributed by atoms with E-state index in [1.54, 1.807) is 10.7 Å². The average Bonchev–Trinajstić information content (AvgIpc) is 3.01. The number of nitrogens with one attached hydrogen (secondary N) is 1. The molecule has 0 unspecified atom stereocenters. The van der Waals surface area contributed by atoms with Gasteiger partial charge in [-0.15, -0.1) is 5.10 Å². The van der Waals surface area contributed by atoms with Crippen LogP contribution in [0.2, 0.25) is 0 Å². The van der Waals surface area contributed by atoms with Gasteiger partial charge in [0, 0.05) is 9.26 Å². The summed E-state index contributed by atoms with van der Waals surface area (Å²) in [6.07, 6.45) is 1.53. The van der Waals surface area contributed by atoms with Gasteiger partial charge in [0.25, 0.3) is 5.91 Å². The lowest BCUT2D eigenvalue weighted by atomic mass is 10.1. The first-order valence-corrected chi connectivity index (χ1v) is 7.63. The minimum absolute atomic E-state index is 0.125. The van der Waals surface area contributed by atoms with E-state index in [0.29, 0.717) is 5.56 Å². The lowest BCUT2D eigenvalue weighted by Gasteiger charge is -2.10. The van der Waals surface area contributed by atoms with Crippen LogP contribution in [0.3, 0.4) is 0 Å². The highest BCUT2D eigenvalue weighted by molar-refractivity contribution is 14.1. The minimum atomic E-state index is -0.125. The normalized spacial score (nSPS) is 10.5. The summed E-state index contributed by atoms with van der Waals surface area (Å²) in [7, 11) is 0. The number of aromatic nitrogens is 4. The van der Waals surface area contributed by atoms with Gasteiger partial charge in [-0.25, -0.2) is 4.68 Å². The fourth-order valence-electron chi connectivity index (χ4n) is 2.11. The van der Waals surface area contributed by atoms with Crippen molar-refractivity contribution in [2.24, 2.45) is 0 Å². The van der Waals surface area contributed by atoms with Crippen molar-refractivity contribution in [2.75, 3.05) is 5.32 Å². The van der Waals surface area contributed by atoms with Crippen LogP contribution >= 0.6 is 22.6 Å². The fourth-order valence-corrected chi connectivity index (χ4v) is 2.74. The molecule has 0 bridgehead atoms. The molecule has 3 rings (SSSR count). The van der Waals surface area contributed by atoms with Crippen LogP contribution in [0.5, 0.6) is 0 Å². The summed E-state index contributed by atoms with van der Waals surface area (Å²) < 4.78 is 2.50. The molecule has 0 fully saturated rings. The predicted molar refractivity (Wildman–Crippen MR) is 91.0 cm³/mol. The van der Waals surface area contributed by atoms with Crippen molar-refractivity contribution < 1.29 is 4.79 Å². The Morgan fingerprint density at radius 1 is 1.23 bits per heavy atom. The monoisotopic (exact) mass is 405 g/mol. The van der Waals surface area contributed by atoms with Gasteiger partial charge in [-0.2, -0.15) is 0 Å². The lowest BCUT2D eigenvalue weighted by molar-refractivity contribution is 0.102. The van der Waals surface area contributed by atoms with Crippen LogP contribution in [-0.2, 0) is 0 Å². The van der Waals surface area contributed by atoms with Crippen LogP contribution in [0.4, 0.5) is 5.69 Å². The van der Waals surface area contributed by atoms with Crippen LogP contribution in [0.1, 0.15) is 15.9 Å². The molecule has 1 aromatic heterocycles.